The highest BCUT2D eigenvalue weighted by atomic mass is 127. The van der Waals surface area contributed by atoms with E-state index in [4.69, 9.17) is 0 Å². The predicted octanol–water partition coefficient (Wildman–Crippen LogP) is 3.99. The van der Waals surface area contributed by atoms with Gasteiger partial charge in [0.2, 0.25) is 0 Å². The number of anilines is 1. The normalized spacial score (nSPS) is 10.3. The molecule has 106 valence electrons. The number of ether oxygens (including phenoxy) is 1. The maximum atomic E-state index is 11.2. The van der Waals surface area contributed by atoms with E-state index < -0.39 is 0 Å². The van der Waals surface area contributed by atoms with Gasteiger partial charge in [0, 0.05) is 25.6 Å². The Labute approximate surface area is 136 Å². The highest BCUT2D eigenvalue weighted by Crippen LogP contribution is 2.21. The number of carbonyl (C=O) groups excluding carboxylic acids is 1. The molecule has 0 spiro atoms. The van der Waals surface area contributed by atoms with Crippen LogP contribution in [0.5, 0.6) is 0 Å². The van der Waals surface area contributed by atoms with Gasteiger partial charge < -0.3 is 10.1 Å². The van der Waals surface area contributed by atoms with E-state index in [9.17, 15) is 4.79 Å². The van der Waals surface area contributed by atoms with Crippen molar-refractivity contribution < 1.29 is 9.53 Å². The molecule has 0 radical (unpaired) electrons. The molecule has 1 aromatic carbocycles. The first kappa shape index (κ1) is 15.3. The Hall–Kier alpha value is -1.08. The van der Waals surface area contributed by atoms with E-state index in [1.807, 2.05) is 6.07 Å². The molecule has 0 amide bonds. The van der Waals surface area contributed by atoms with Gasteiger partial charge >= 0.3 is 5.97 Å². The lowest BCUT2D eigenvalue weighted by Crippen LogP contribution is -2.02. The lowest BCUT2D eigenvalue weighted by atomic mass is 10.2. The molecule has 0 saturated carbocycles. The van der Waals surface area contributed by atoms with Crippen molar-refractivity contribution in [1.82, 2.24) is 0 Å². The van der Waals surface area contributed by atoms with Gasteiger partial charge in [0.05, 0.1) is 13.5 Å². The van der Waals surface area contributed by atoms with Gasteiger partial charge in [-0.25, -0.2) is 0 Å². The Bertz CT molecular complexity index is 610. The molecule has 1 heterocycles. The van der Waals surface area contributed by atoms with Crippen molar-refractivity contribution in [2.24, 2.45) is 0 Å². The molecule has 2 rings (SSSR count). The number of nitrogens with one attached hydrogen (secondary N) is 1. The molecule has 0 fully saturated rings. The third kappa shape index (κ3) is 4.21. The Morgan fingerprint density at radius 3 is 2.75 bits per heavy atom. The topological polar surface area (TPSA) is 38.3 Å². The molecule has 3 nitrogen and oxygen atoms in total. The Morgan fingerprint density at radius 2 is 2.05 bits per heavy atom. The summed E-state index contributed by atoms with van der Waals surface area (Å²) >= 11 is 3.95. The standard InChI is InChI=1S/C15H16INO2S/c1-10-7-11(16)3-6-14(10)17-9-13-5-4-12(20-13)8-15(18)19-2/h3-7,17H,8-9H2,1-2H3. The lowest BCUT2D eigenvalue weighted by Gasteiger charge is -2.08. The molecule has 1 N–H and O–H groups in total. The van der Waals surface area contributed by atoms with Crippen LogP contribution in [-0.4, -0.2) is 13.1 Å². The number of rotatable bonds is 5. The second-order valence-corrected chi connectivity index (χ2v) is 6.93. The third-order valence-electron chi connectivity index (χ3n) is 2.91. The van der Waals surface area contributed by atoms with Crippen LogP contribution in [0.4, 0.5) is 5.69 Å². The monoisotopic (exact) mass is 401 g/mol. The Morgan fingerprint density at radius 1 is 1.30 bits per heavy atom. The quantitative estimate of drug-likeness (QED) is 0.608. The largest absolute Gasteiger partial charge is 0.469 e. The van der Waals surface area contributed by atoms with Crippen LogP contribution in [0, 0.1) is 10.5 Å². The van der Waals surface area contributed by atoms with Gasteiger partial charge in [-0.3, -0.25) is 4.79 Å². The van der Waals surface area contributed by atoms with Crippen molar-refractivity contribution in [1.29, 1.82) is 0 Å². The van der Waals surface area contributed by atoms with Crippen LogP contribution in [0.15, 0.2) is 30.3 Å². The van der Waals surface area contributed by atoms with Crippen LogP contribution in [0.1, 0.15) is 15.3 Å². The van der Waals surface area contributed by atoms with E-state index in [1.54, 1.807) is 11.3 Å². The molecule has 0 aliphatic rings. The van der Waals surface area contributed by atoms with E-state index in [1.165, 1.54) is 21.1 Å². The van der Waals surface area contributed by atoms with Crippen LogP contribution in [0.2, 0.25) is 0 Å². The molecular formula is C15H16INO2S. The average molecular weight is 401 g/mol. The first-order valence-electron chi connectivity index (χ1n) is 6.23. The maximum Gasteiger partial charge on any atom is 0.310 e. The fraction of sp³-hybridized carbons (Fsp3) is 0.267. The number of thiophene rings is 1. The number of benzene rings is 1. The zero-order valence-electron chi connectivity index (χ0n) is 11.4. The van der Waals surface area contributed by atoms with Crippen LogP contribution < -0.4 is 5.32 Å². The molecule has 20 heavy (non-hydrogen) atoms. The second kappa shape index (κ2) is 7.08. The summed E-state index contributed by atoms with van der Waals surface area (Å²) in [4.78, 5) is 13.5. The SMILES string of the molecule is COC(=O)Cc1ccc(CNc2ccc(I)cc2C)s1. The zero-order chi connectivity index (χ0) is 14.5. The fourth-order valence-electron chi connectivity index (χ4n) is 1.83. The summed E-state index contributed by atoms with van der Waals surface area (Å²) in [5.74, 6) is -0.195. The van der Waals surface area contributed by atoms with E-state index in [2.05, 4.69) is 63.8 Å². The number of methoxy groups -OCH3 is 1. The first-order chi connectivity index (χ1) is 9.58. The second-order valence-electron chi connectivity index (χ2n) is 4.43. The number of halogens is 1. The zero-order valence-corrected chi connectivity index (χ0v) is 14.4. The smallest absolute Gasteiger partial charge is 0.310 e. The molecular weight excluding hydrogens is 385 g/mol. The van der Waals surface area contributed by atoms with Gasteiger partial charge in [-0.1, -0.05) is 0 Å². The fourth-order valence-corrected chi connectivity index (χ4v) is 3.42. The summed E-state index contributed by atoms with van der Waals surface area (Å²) in [6.07, 6.45) is 0.351. The number of hydrogen-bond acceptors (Lipinski definition) is 4. The molecule has 0 bridgehead atoms. The van der Waals surface area contributed by atoms with Gasteiger partial charge in [-0.15, -0.1) is 11.3 Å². The third-order valence-corrected chi connectivity index (χ3v) is 4.66. The average Bonchev–Trinajstić information content (AvgIpc) is 2.85. The van der Waals surface area contributed by atoms with Crippen molar-refractivity contribution in [2.75, 3.05) is 12.4 Å². The van der Waals surface area contributed by atoms with E-state index >= 15 is 0 Å². The minimum absolute atomic E-state index is 0.195. The minimum Gasteiger partial charge on any atom is -0.469 e. The first-order valence-corrected chi connectivity index (χ1v) is 8.12. The van der Waals surface area contributed by atoms with Crippen molar-refractivity contribution in [3.8, 4) is 0 Å². The molecule has 0 unspecified atom stereocenters. The minimum atomic E-state index is -0.195. The summed E-state index contributed by atoms with van der Waals surface area (Å²) in [6.45, 7) is 2.87. The number of aryl methyl sites for hydroxylation is 1. The molecule has 0 aliphatic heterocycles. The summed E-state index contributed by atoms with van der Waals surface area (Å²) in [7, 11) is 1.41. The Kier molecular flexibility index (Phi) is 5.42. The van der Waals surface area contributed by atoms with Crippen LogP contribution in [-0.2, 0) is 22.5 Å². The molecule has 2 aromatic rings. The van der Waals surface area contributed by atoms with Crippen molar-refractivity contribution in [2.45, 2.75) is 19.9 Å². The number of esters is 1. The number of carbonyl (C=O) groups is 1. The molecule has 0 atom stereocenters. The summed E-state index contributed by atoms with van der Waals surface area (Å²) < 4.78 is 5.91. The van der Waals surface area contributed by atoms with Crippen LogP contribution in [0.3, 0.4) is 0 Å². The van der Waals surface area contributed by atoms with Gasteiger partial charge in [-0.2, -0.15) is 0 Å². The van der Waals surface area contributed by atoms with Gasteiger partial charge in [0.15, 0.2) is 0 Å². The lowest BCUT2D eigenvalue weighted by molar-refractivity contribution is -0.139. The van der Waals surface area contributed by atoms with Gasteiger partial charge in [0.25, 0.3) is 0 Å². The van der Waals surface area contributed by atoms with Crippen molar-refractivity contribution in [3.63, 3.8) is 0 Å². The van der Waals surface area contributed by atoms with Gasteiger partial charge in [-0.05, 0) is 65.4 Å². The Balaban J connectivity index is 1.95. The summed E-state index contributed by atoms with van der Waals surface area (Å²) in [5, 5.41) is 3.43. The highest BCUT2D eigenvalue weighted by Gasteiger charge is 2.06. The van der Waals surface area contributed by atoms with Crippen LogP contribution >= 0.6 is 33.9 Å². The molecule has 0 saturated heterocycles. The molecule has 0 aliphatic carbocycles. The number of hydrogen-bond donors (Lipinski definition) is 1. The van der Waals surface area contributed by atoms with E-state index in [-0.39, 0.29) is 5.97 Å². The van der Waals surface area contributed by atoms with Crippen molar-refractivity contribution >= 4 is 45.6 Å². The van der Waals surface area contributed by atoms with Crippen molar-refractivity contribution in [3.05, 3.63) is 49.2 Å². The summed E-state index contributed by atoms with van der Waals surface area (Å²) in [5.41, 5.74) is 2.39. The molecule has 5 heteroatoms. The van der Waals surface area contributed by atoms with Gasteiger partial charge in [0.1, 0.15) is 0 Å². The summed E-state index contributed by atoms with van der Waals surface area (Å²) in [6, 6.07) is 10.4. The van der Waals surface area contributed by atoms with Crippen LogP contribution in [0.25, 0.3) is 0 Å². The van der Waals surface area contributed by atoms with E-state index in [0.29, 0.717) is 6.42 Å². The molecule has 1 aromatic heterocycles. The predicted molar refractivity (Wildman–Crippen MR) is 91.3 cm³/mol. The van der Waals surface area contributed by atoms with E-state index in [0.717, 1.165) is 17.1 Å². The maximum absolute atomic E-state index is 11.2. The highest BCUT2D eigenvalue weighted by molar-refractivity contribution is 14.1.